The lowest BCUT2D eigenvalue weighted by Gasteiger charge is -2.42. The van der Waals surface area contributed by atoms with Crippen LogP contribution in [0.25, 0.3) is 0 Å². The van der Waals surface area contributed by atoms with E-state index >= 15 is 0 Å². The maximum Gasteiger partial charge on any atom is 0.174 e. The molecule has 1 spiro atoms. The molecule has 0 bridgehead atoms. The SMILES string of the molecule is OC1(c2ccccc2)C2=NCC3(CCCCCC3)CN2c2ccccc21. The van der Waals surface area contributed by atoms with Crippen LogP contribution in [0.2, 0.25) is 0 Å². The lowest BCUT2D eigenvalue weighted by atomic mass is 9.78. The van der Waals surface area contributed by atoms with E-state index in [9.17, 15) is 5.11 Å². The fraction of sp³-hybridized carbons (Fsp3) is 0.435. The molecule has 3 aliphatic rings. The van der Waals surface area contributed by atoms with Gasteiger partial charge in [0.1, 0.15) is 5.84 Å². The van der Waals surface area contributed by atoms with Gasteiger partial charge in [-0.15, -0.1) is 0 Å². The summed E-state index contributed by atoms with van der Waals surface area (Å²) in [6.45, 7) is 1.83. The molecule has 2 aromatic carbocycles. The quantitative estimate of drug-likeness (QED) is 0.825. The molecule has 3 heteroatoms. The van der Waals surface area contributed by atoms with Crippen LogP contribution < -0.4 is 4.90 Å². The van der Waals surface area contributed by atoms with Crippen molar-refractivity contribution in [2.75, 3.05) is 18.0 Å². The minimum absolute atomic E-state index is 0.273. The third kappa shape index (κ3) is 2.26. The molecule has 134 valence electrons. The Morgan fingerprint density at radius 1 is 0.846 bits per heavy atom. The molecule has 2 aliphatic heterocycles. The Bertz CT molecular complexity index is 836. The Hall–Kier alpha value is -2.13. The van der Waals surface area contributed by atoms with Crippen LogP contribution >= 0.6 is 0 Å². The van der Waals surface area contributed by atoms with Crippen molar-refractivity contribution >= 4 is 11.5 Å². The third-order valence-corrected chi connectivity index (χ3v) is 6.58. The number of aliphatic hydroxyl groups is 1. The molecule has 0 amide bonds. The second-order valence-electron chi connectivity index (χ2n) is 8.23. The van der Waals surface area contributed by atoms with Crippen molar-refractivity contribution in [2.45, 2.75) is 44.1 Å². The van der Waals surface area contributed by atoms with E-state index < -0.39 is 5.60 Å². The van der Waals surface area contributed by atoms with Gasteiger partial charge in [0.2, 0.25) is 0 Å². The molecule has 1 N–H and O–H groups in total. The number of rotatable bonds is 1. The van der Waals surface area contributed by atoms with Crippen molar-refractivity contribution < 1.29 is 5.11 Å². The fourth-order valence-electron chi connectivity index (χ4n) is 5.19. The van der Waals surface area contributed by atoms with E-state index in [1.54, 1.807) is 0 Å². The Balaban J connectivity index is 1.64. The second-order valence-corrected chi connectivity index (χ2v) is 8.23. The summed E-state index contributed by atoms with van der Waals surface area (Å²) in [6.07, 6.45) is 7.83. The molecule has 0 aromatic heterocycles. The smallest absolute Gasteiger partial charge is 0.174 e. The topological polar surface area (TPSA) is 35.8 Å². The third-order valence-electron chi connectivity index (χ3n) is 6.58. The first kappa shape index (κ1) is 16.1. The number of hydrogen-bond acceptors (Lipinski definition) is 3. The minimum Gasteiger partial charge on any atom is -0.373 e. The van der Waals surface area contributed by atoms with Crippen LogP contribution in [-0.4, -0.2) is 24.0 Å². The first-order chi connectivity index (χ1) is 12.7. The number of nitrogens with zero attached hydrogens (tertiary/aromatic N) is 2. The second kappa shape index (κ2) is 5.95. The normalized spacial score (nSPS) is 26.8. The van der Waals surface area contributed by atoms with Gasteiger partial charge in [-0.3, -0.25) is 4.99 Å². The molecule has 0 radical (unpaired) electrons. The molecule has 1 saturated carbocycles. The minimum atomic E-state index is -1.13. The summed E-state index contributed by atoms with van der Waals surface area (Å²) < 4.78 is 0. The summed E-state index contributed by atoms with van der Waals surface area (Å²) in [7, 11) is 0. The average Bonchev–Trinajstić information content (AvgIpc) is 2.81. The van der Waals surface area contributed by atoms with Gasteiger partial charge in [0.25, 0.3) is 0 Å². The van der Waals surface area contributed by atoms with Crippen LogP contribution in [0.1, 0.15) is 49.7 Å². The number of fused-ring (bicyclic) bond motifs is 3. The van der Waals surface area contributed by atoms with Gasteiger partial charge < -0.3 is 10.0 Å². The van der Waals surface area contributed by atoms with Gasteiger partial charge in [-0.25, -0.2) is 0 Å². The number of amidine groups is 1. The van der Waals surface area contributed by atoms with Crippen LogP contribution in [0.4, 0.5) is 5.69 Å². The van der Waals surface area contributed by atoms with E-state index in [1.165, 1.54) is 38.5 Å². The lowest BCUT2D eigenvalue weighted by Crippen LogP contribution is -2.51. The van der Waals surface area contributed by atoms with Gasteiger partial charge in [0, 0.05) is 29.8 Å². The van der Waals surface area contributed by atoms with Gasteiger partial charge >= 0.3 is 0 Å². The molecule has 1 fully saturated rings. The number of hydrogen-bond donors (Lipinski definition) is 1. The van der Waals surface area contributed by atoms with Crippen LogP contribution in [0.5, 0.6) is 0 Å². The largest absolute Gasteiger partial charge is 0.373 e. The highest BCUT2D eigenvalue weighted by Gasteiger charge is 2.52. The standard InChI is InChI=1S/C23H26N2O/c26-23(18-10-4-3-5-11-18)19-12-6-7-13-20(19)25-17-22(16-24-21(23)25)14-8-1-2-9-15-22/h3-7,10-13,26H,1-2,8-9,14-17H2. The van der Waals surface area contributed by atoms with Gasteiger partial charge in [-0.05, 0) is 24.5 Å². The van der Waals surface area contributed by atoms with Crippen LogP contribution in [0.15, 0.2) is 59.6 Å². The first-order valence-corrected chi connectivity index (χ1v) is 9.93. The van der Waals surface area contributed by atoms with E-state index in [4.69, 9.17) is 4.99 Å². The van der Waals surface area contributed by atoms with Gasteiger partial charge in [-0.2, -0.15) is 0 Å². The van der Waals surface area contributed by atoms with Crippen molar-refractivity contribution in [3.8, 4) is 0 Å². The van der Waals surface area contributed by atoms with Crippen LogP contribution in [-0.2, 0) is 5.60 Å². The van der Waals surface area contributed by atoms with Crippen LogP contribution in [0, 0.1) is 5.41 Å². The van der Waals surface area contributed by atoms with E-state index in [0.717, 1.165) is 35.7 Å². The number of benzene rings is 2. The van der Waals surface area contributed by atoms with E-state index in [0.29, 0.717) is 0 Å². The zero-order valence-corrected chi connectivity index (χ0v) is 15.2. The summed E-state index contributed by atoms with van der Waals surface area (Å²) in [5.74, 6) is 0.819. The highest BCUT2D eigenvalue weighted by atomic mass is 16.3. The Kier molecular flexibility index (Phi) is 3.68. The van der Waals surface area contributed by atoms with E-state index in [2.05, 4.69) is 23.1 Å². The predicted molar refractivity (Wildman–Crippen MR) is 106 cm³/mol. The van der Waals surface area contributed by atoms with Crippen LogP contribution in [0.3, 0.4) is 0 Å². The first-order valence-electron chi connectivity index (χ1n) is 9.93. The van der Waals surface area contributed by atoms with Gasteiger partial charge in [0.15, 0.2) is 5.60 Å². The van der Waals surface area contributed by atoms with Crippen molar-refractivity contribution in [3.05, 3.63) is 65.7 Å². The molecule has 3 nitrogen and oxygen atoms in total. The molecule has 0 saturated heterocycles. The molecule has 1 atom stereocenters. The van der Waals surface area contributed by atoms with Crippen molar-refractivity contribution in [2.24, 2.45) is 10.4 Å². The Morgan fingerprint density at radius 2 is 1.54 bits per heavy atom. The highest BCUT2D eigenvalue weighted by Crippen LogP contribution is 2.49. The lowest BCUT2D eigenvalue weighted by molar-refractivity contribution is 0.155. The molecule has 2 aromatic rings. The number of para-hydroxylation sites is 1. The Labute approximate surface area is 155 Å². The number of aliphatic imine (C=N–C) groups is 1. The molecule has 5 rings (SSSR count). The summed E-state index contributed by atoms with van der Waals surface area (Å²) in [6, 6.07) is 18.3. The number of anilines is 1. The van der Waals surface area contributed by atoms with E-state index in [1.807, 2.05) is 36.4 Å². The summed E-state index contributed by atoms with van der Waals surface area (Å²) >= 11 is 0. The molecular weight excluding hydrogens is 320 g/mol. The molecule has 26 heavy (non-hydrogen) atoms. The molecule has 2 heterocycles. The highest BCUT2D eigenvalue weighted by molar-refractivity contribution is 6.12. The summed E-state index contributed by atoms with van der Waals surface area (Å²) in [5, 5.41) is 11.9. The predicted octanol–water partition coefficient (Wildman–Crippen LogP) is 4.50. The Morgan fingerprint density at radius 3 is 2.31 bits per heavy atom. The average molecular weight is 346 g/mol. The molecule has 1 aliphatic carbocycles. The zero-order chi connectivity index (χ0) is 17.6. The monoisotopic (exact) mass is 346 g/mol. The maximum atomic E-state index is 11.9. The molecule has 1 unspecified atom stereocenters. The zero-order valence-electron chi connectivity index (χ0n) is 15.2. The maximum absolute atomic E-state index is 11.9. The van der Waals surface area contributed by atoms with Crippen molar-refractivity contribution in [1.29, 1.82) is 0 Å². The summed E-state index contributed by atoms with van der Waals surface area (Å²) in [5.41, 5.74) is 2.14. The van der Waals surface area contributed by atoms with Crippen molar-refractivity contribution in [3.63, 3.8) is 0 Å². The van der Waals surface area contributed by atoms with Crippen molar-refractivity contribution in [1.82, 2.24) is 0 Å². The van der Waals surface area contributed by atoms with Gasteiger partial charge in [0.05, 0.1) is 0 Å². The van der Waals surface area contributed by atoms with E-state index in [-0.39, 0.29) is 5.41 Å². The fourth-order valence-corrected chi connectivity index (χ4v) is 5.19. The van der Waals surface area contributed by atoms with Gasteiger partial charge in [-0.1, -0.05) is 74.2 Å². The molecular formula is C23H26N2O. The summed E-state index contributed by atoms with van der Waals surface area (Å²) in [4.78, 5) is 7.36.